The zero-order valence-electron chi connectivity index (χ0n) is 14.0. The number of nitrogens with zero attached hydrogens (tertiary/aromatic N) is 1. The molecular formula is C17H17N2O5S2-. The van der Waals surface area contributed by atoms with Crippen LogP contribution in [0.1, 0.15) is 37.7 Å². The van der Waals surface area contributed by atoms with Gasteiger partial charge in [0.1, 0.15) is 0 Å². The van der Waals surface area contributed by atoms with Crippen molar-refractivity contribution in [2.45, 2.75) is 24.7 Å². The van der Waals surface area contributed by atoms with Crippen LogP contribution in [0, 0.1) is 6.92 Å². The Kier molecular flexibility index (Phi) is 5.12. The Bertz CT molecular complexity index is 942. The zero-order valence-corrected chi connectivity index (χ0v) is 15.7. The largest absolute Gasteiger partial charge is 0.545 e. The third-order valence-electron chi connectivity index (χ3n) is 4.16. The van der Waals surface area contributed by atoms with Crippen LogP contribution in [0.25, 0.3) is 0 Å². The van der Waals surface area contributed by atoms with E-state index in [4.69, 9.17) is 0 Å². The molecule has 26 heavy (non-hydrogen) atoms. The van der Waals surface area contributed by atoms with Crippen molar-refractivity contribution < 1.29 is 23.1 Å². The molecule has 0 atom stereocenters. The van der Waals surface area contributed by atoms with Gasteiger partial charge in [-0.1, -0.05) is 12.1 Å². The van der Waals surface area contributed by atoms with Crippen LogP contribution >= 0.6 is 11.3 Å². The van der Waals surface area contributed by atoms with Crippen LogP contribution in [-0.4, -0.2) is 37.7 Å². The van der Waals surface area contributed by atoms with Gasteiger partial charge in [-0.25, -0.2) is 8.42 Å². The molecule has 1 saturated heterocycles. The highest BCUT2D eigenvalue weighted by atomic mass is 32.2. The van der Waals surface area contributed by atoms with Gasteiger partial charge in [0.05, 0.1) is 15.7 Å². The summed E-state index contributed by atoms with van der Waals surface area (Å²) in [6.07, 6.45) is 1.69. The molecule has 1 amide bonds. The number of carboxylic acids is 1. The van der Waals surface area contributed by atoms with Gasteiger partial charge in [0, 0.05) is 23.7 Å². The third kappa shape index (κ3) is 3.64. The SMILES string of the molecule is Cc1sc(C(=O)Nc2ccc(C(=O)[O-])cc2)cc1S(=O)(=O)N1CCCC1. The molecule has 1 N–H and O–H groups in total. The van der Waals surface area contributed by atoms with Gasteiger partial charge < -0.3 is 15.2 Å². The van der Waals surface area contributed by atoms with Crippen molar-refractivity contribution in [2.24, 2.45) is 0 Å². The quantitative estimate of drug-likeness (QED) is 0.828. The Hall–Kier alpha value is -2.23. The lowest BCUT2D eigenvalue weighted by molar-refractivity contribution is -0.255. The number of hydrogen-bond acceptors (Lipinski definition) is 6. The number of carbonyl (C=O) groups is 2. The topological polar surface area (TPSA) is 107 Å². The van der Waals surface area contributed by atoms with Crippen molar-refractivity contribution in [1.82, 2.24) is 4.31 Å². The number of carbonyl (C=O) groups excluding carboxylic acids is 2. The fourth-order valence-electron chi connectivity index (χ4n) is 2.78. The van der Waals surface area contributed by atoms with Crippen LogP contribution in [0.2, 0.25) is 0 Å². The normalized spacial score (nSPS) is 15.1. The molecule has 0 saturated carbocycles. The summed E-state index contributed by atoms with van der Waals surface area (Å²) in [4.78, 5) is 24.2. The Balaban J connectivity index is 1.79. The van der Waals surface area contributed by atoms with Gasteiger partial charge >= 0.3 is 0 Å². The molecule has 3 rings (SSSR count). The van der Waals surface area contributed by atoms with E-state index in [-0.39, 0.29) is 15.3 Å². The van der Waals surface area contributed by atoms with E-state index in [2.05, 4.69) is 5.32 Å². The van der Waals surface area contributed by atoms with Crippen LogP contribution in [0.3, 0.4) is 0 Å². The lowest BCUT2D eigenvalue weighted by atomic mass is 10.2. The van der Waals surface area contributed by atoms with Gasteiger partial charge in [-0.3, -0.25) is 4.79 Å². The van der Waals surface area contributed by atoms with Crippen molar-refractivity contribution >= 4 is 38.9 Å². The van der Waals surface area contributed by atoms with E-state index in [0.717, 1.165) is 24.2 Å². The predicted molar refractivity (Wildman–Crippen MR) is 95.8 cm³/mol. The van der Waals surface area contributed by atoms with Crippen molar-refractivity contribution in [1.29, 1.82) is 0 Å². The fraction of sp³-hybridized carbons (Fsp3) is 0.294. The van der Waals surface area contributed by atoms with Gasteiger partial charge in [0.2, 0.25) is 10.0 Å². The molecule has 2 heterocycles. The number of rotatable bonds is 5. The van der Waals surface area contributed by atoms with Crippen molar-refractivity contribution in [3.05, 3.63) is 45.6 Å². The molecule has 9 heteroatoms. The van der Waals surface area contributed by atoms with E-state index in [1.165, 1.54) is 34.6 Å². The summed E-state index contributed by atoms with van der Waals surface area (Å²) in [5, 5.41) is 13.4. The maximum atomic E-state index is 12.7. The maximum Gasteiger partial charge on any atom is 0.265 e. The number of amides is 1. The number of hydrogen-bond donors (Lipinski definition) is 1. The molecule has 1 aromatic heterocycles. The van der Waals surface area contributed by atoms with E-state index in [1.54, 1.807) is 6.92 Å². The smallest absolute Gasteiger partial charge is 0.265 e. The number of carboxylic acid groups (broad SMARTS) is 1. The Labute approximate surface area is 155 Å². The van der Waals surface area contributed by atoms with Crippen molar-refractivity contribution in [3.8, 4) is 0 Å². The number of nitrogens with one attached hydrogen (secondary N) is 1. The molecule has 1 aromatic carbocycles. The van der Waals surface area contributed by atoms with E-state index >= 15 is 0 Å². The summed E-state index contributed by atoms with van der Waals surface area (Å²) in [7, 11) is -3.58. The minimum atomic E-state index is -3.58. The summed E-state index contributed by atoms with van der Waals surface area (Å²) in [5.74, 6) is -1.74. The summed E-state index contributed by atoms with van der Waals surface area (Å²) < 4.78 is 26.8. The average molecular weight is 393 g/mol. The fourth-order valence-corrected chi connectivity index (χ4v) is 5.76. The molecule has 138 valence electrons. The Morgan fingerprint density at radius 2 is 1.77 bits per heavy atom. The standard InChI is InChI=1S/C17H18N2O5S2/c1-11-15(26(23,24)19-8-2-3-9-19)10-14(25-11)16(20)18-13-6-4-12(5-7-13)17(21)22/h4-7,10H,2-3,8-9H2,1H3,(H,18,20)(H,21,22)/p-1. The van der Waals surface area contributed by atoms with Gasteiger partial charge in [-0.2, -0.15) is 4.31 Å². The molecular weight excluding hydrogens is 376 g/mol. The van der Waals surface area contributed by atoms with Gasteiger partial charge in [-0.15, -0.1) is 11.3 Å². The summed E-state index contributed by atoms with van der Waals surface area (Å²) in [6.45, 7) is 2.69. The van der Waals surface area contributed by atoms with Crippen LogP contribution in [0.5, 0.6) is 0 Å². The number of aryl methyl sites for hydroxylation is 1. The first kappa shape index (κ1) is 18.6. The van der Waals surface area contributed by atoms with Crippen LogP contribution in [-0.2, 0) is 10.0 Å². The van der Waals surface area contributed by atoms with Gasteiger partial charge in [0.15, 0.2) is 0 Å². The van der Waals surface area contributed by atoms with Crippen molar-refractivity contribution in [2.75, 3.05) is 18.4 Å². The Morgan fingerprint density at radius 1 is 1.15 bits per heavy atom. The molecule has 0 aliphatic carbocycles. The second-order valence-electron chi connectivity index (χ2n) is 5.96. The highest BCUT2D eigenvalue weighted by Crippen LogP contribution is 2.30. The summed E-state index contributed by atoms with van der Waals surface area (Å²) >= 11 is 1.11. The molecule has 2 aromatic rings. The molecule has 7 nitrogen and oxygen atoms in total. The Morgan fingerprint density at radius 3 is 2.35 bits per heavy atom. The number of aromatic carboxylic acids is 1. The molecule has 1 aliphatic heterocycles. The number of anilines is 1. The second-order valence-corrected chi connectivity index (χ2v) is 9.12. The third-order valence-corrected chi connectivity index (χ3v) is 7.36. The lowest BCUT2D eigenvalue weighted by Crippen LogP contribution is -2.28. The summed E-state index contributed by atoms with van der Waals surface area (Å²) in [5.41, 5.74) is 0.420. The predicted octanol–water partition coefficient (Wildman–Crippen LogP) is 1.46. The lowest BCUT2D eigenvalue weighted by Gasteiger charge is -2.14. The first-order chi connectivity index (χ1) is 12.3. The molecule has 0 unspecified atom stereocenters. The monoisotopic (exact) mass is 393 g/mol. The van der Waals surface area contributed by atoms with Crippen LogP contribution in [0.4, 0.5) is 5.69 Å². The number of thiophene rings is 1. The van der Waals surface area contributed by atoms with Crippen molar-refractivity contribution in [3.63, 3.8) is 0 Å². The number of sulfonamides is 1. The maximum absolute atomic E-state index is 12.7. The first-order valence-electron chi connectivity index (χ1n) is 8.02. The highest BCUT2D eigenvalue weighted by molar-refractivity contribution is 7.89. The zero-order chi connectivity index (χ0) is 18.9. The minimum Gasteiger partial charge on any atom is -0.545 e. The van der Waals surface area contributed by atoms with E-state index in [1.807, 2.05) is 0 Å². The molecule has 1 fully saturated rings. The minimum absolute atomic E-state index is 0.00830. The number of benzene rings is 1. The second kappa shape index (κ2) is 7.18. The molecule has 0 radical (unpaired) electrons. The van der Waals surface area contributed by atoms with E-state index in [9.17, 15) is 23.1 Å². The molecule has 1 aliphatic rings. The average Bonchev–Trinajstić information content (AvgIpc) is 3.25. The van der Waals surface area contributed by atoms with E-state index in [0.29, 0.717) is 23.7 Å². The molecule has 0 spiro atoms. The van der Waals surface area contributed by atoms with Crippen LogP contribution < -0.4 is 10.4 Å². The highest BCUT2D eigenvalue weighted by Gasteiger charge is 2.30. The summed E-state index contributed by atoms with van der Waals surface area (Å²) in [6, 6.07) is 6.96. The van der Waals surface area contributed by atoms with Gasteiger partial charge in [0.25, 0.3) is 5.91 Å². The first-order valence-corrected chi connectivity index (χ1v) is 10.3. The van der Waals surface area contributed by atoms with Gasteiger partial charge in [-0.05, 0) is 43.5 Å². The van der Waals surface area contributed by atoms with Crippen LogP contribution in [0.15, 0.2) is 35.2 Å². The van der Waals surface area contributed by atoms with E-state index < -0.39 is 21.9 Å². The molecule has 0 bridgehead atoms.